The predicted octanol–water partition coefficient (Wildman–Crippen LogP) is 3.01. The van der Waals surface area contributed by atoms with Gasteiger partial charge in [0, 0.05) is 35.8 Å². The highest BCUT2D eigenvalue weighted by Gasteiger charge is 2.44. The first kappa shape index (κ1) is 18.5. The number of aromatic carboxylic acids is 1. The maximum atomic E-state index is 12.8. The van der Waals surface area contributed by atoms with Crippen molar-refractivity contribution in [1.82, 2.24) is 15.0 Å². The number of rotatable bonds is 3. The van der Waals surface area contributed by atoms with Gasteiger partial charge in [0.25, 0.3) is 5.56 Å². The van der Waals surface area contributed by atoms with Gasteiger partial charge in [-0.05, 0) is 37.8 Å². The van der Waals surface area contributed by atoms with Crippen LogP contribution in [-0.4, -0.2) is 39.1 Å². The third kappa shape index (κ3) is 2.98. The molecule has 7 heteroatoms. The number of carboxylic acid groups (broad SMARTS) is 1. The molecule has 1 saturated heterocycles. The minimum absolute atomic E-state index is 0.0453. The van der Waals surface area contributed by atoms with Crippen LogP contribution in [-0.2, 0) is 11.8 Å². The van der Waals surface area contributed by atoms with Crippen molar-refractivity contribution < 1.29 is 9.90 Å². The summed E-state index contributed by atoms with van der Waals surface area (Å²) in [5, 5.41) is 9.49. The van der Waals surface area contributed by atoms with Gasteiger partial charge < -0.3 is 15.0 Å². The summed E-state index contributed by atoms with van der Waals surface area (Å²) in [4.78, 5) is 38.6. The number of carboxylic acids is 1. The van der Waals surface area contributed by atoms with E-state index in [9.17, 15) is 14.7 Å². The SMILES string of the molecule is O=C(O)c1cccnc1N1CCC2(CCc3c2nc(-c2ccccc2)[nH]c3=O)CC1. The van der Waals surface area contributed by atoms with Gasteiger partial charge in [-0.15, -0.1) is 0 Å². The quantitative estimate of drug-likeness (QED) is 0.699. The number of aromatic amines is 1. The van der Waals surface area contributed by atoms with E-state index < -0.39 is 5.97 Å². The van der Waals surface area contributed by atoms with Crippen molar-refractivity contribution in [3.05, 3.63) is 75.8 Å². The van der Waals surface area contributed by atoms with Crippen molar-refractivity contribution in [1.29, 1.82) is 0 Å². The summed E-state index contributed by atoms with van der Waals surface area (Å²) >= 11 is 0. The third-order valence-corrected chi connectivity index (χ3v) is 6.46. The Balaban J connectivity index is 1.46. The Hall–Kier alpha value is -3.48. The number of piperidine rings is 1. The maximum absolute atomic E-state index is 12.8. The van der Waals surface area contributed by atoms with Crippen LogP contribution in [0.3, 0.4) is 0 Å². The second kappa shape index (κ2) is 7.09. The zero-order valence-electron chi connectivity index (χ0n) is 16.5. The average Bonchev–Trinajstić information content (AvgIpc) is 3.13. The van der Waals surface area contributed by atoms with Crippen LogP contribution in [0.1, 0.15) is 40.9 Å². The molecule has 0 radical (unpaired) electrons. The van der Waals surface area contributed by atoms with Crippen LogP contribution >= 0.6 is 0 Å². The molecular formula is C23H22N4O3. The third-order valence-electron chi connectivity index (χ3n) is 6.46. The number of anilines is 1. The van der Waals surface area contributed by atoms with E-state index in [1.807, 2.05) is 35.2 Å². The summed E-state index contributed by atoms with van der Waals surface area (Å²) in [5.74, 6) is 0.160. The number of aromatic nitrogens is 3. The van der Waals surface area contributed by atoms with Gasteiger partial charge in [0.05, 0.1) is 5.69 Å². The number of hydrogen-bond donors (Lipinski definition) is 2. The van der Waals surface area contributed by atoms with Crippen LogP contribution in [0.15, 0.2) is 53.5 Å². The molecule has 1 fully saturated rings. The lowest BCUT2D eigenvalue weighted by atomic mass is 9.76. The molecule has 0 amide bonds. The molecule has 3 aromatic rings. The summed E-state index contributed by atoms with van der Waals surface area (Å²) < 4.78 is 0. The van der Waals surface area contributed by atoms with E-state index in [-0.39, 0.29) is 16.5 Å². The van der Waals surface area contributed by atoms with Crippen LogP contribution in [0.2, 0.25) is 0 Å². The minimum atomic E-state index is -0.967. The van der Waals surface area contributed by atoms with Crippen molar-refractivity contribution in [2.24, 2.45) is 0 Å². The predicted molar refractivity (Wildman–Crippen MR) is 113 cm³/mol. The maximum Gasteiger partial charge on any atom is 0.339 e. The second-order valence-corrected chi connectivity index (χ2v) is 8.05. The molecule has 152 valence electrons. The van der Waals surface area contributed by atoms with Gasteiger partial charge in [0.1, 0.15) is 17.2 Å². The topological polar surface area (TPSA) is 99.2 Å². The molecule has 3 heterocycles. The highest BCUT2D eigenvalue weighted by Crippen LogP contribution is 2.45. The average molecular weight is 402 g/mol. The van der Waals surface area contributed by atoms with Crippen molar-refractivity contribution >= 4 is 11.8 Å². The zero-order chi connectivity index (χ0) is 20.7. The van der Waals surface area contributed by atoms with Crippen molar-refractivity contribution in [2.75, 3.05) is 18.0 Å². The number of hydrogen-bond acceptors (Lipinski definition) is 5. The molecule has 2 aliphatic rings. The molecular weight excluding hydrogens is 380 g/mol. The normalized spacial score (nSPS) is 17.1. The summed E-state index contributed by atoms with van der Waals surface area (Å²) in [5.41, 5.74) is 2.66. The van der Waals surface area contributed by atoms with Gasteiger partial charge in [-0.25, -0.2) is 14.8 Å². The second-order valence-electron chi connectivity index (χ2n) is 8.05. The summed E-state index contributed by atoms with van der Waals surface area (Å²) in [6, 6.07) is 12.9. The molecule has 30 heavy (non-hydrogen) atoms. The molecule has 1 spiro atoms. The number of pyridine rings is 1. The van der Waals surface area contributed by atoms with Crippen molar-refractivity contribution in [3.63, 3.8) is 0 Å². The monoisotopic (exact) mass is 402 g/mol. The Morgan fingerprint density at radius 3 is 2.57 bits per heavy atom. The molecule has 0 bridgehead atoms. The summed E-state index contributed by atoms with van der Waals surface area (Å²) in [7, 11) is 0. The number of fused-ring (bicyclic) bond motifs is 2. The minimum Gasteiger partial charge on any atom is -0.478 e. The van der Waals surface area contributed by atoms with E-state index in [1.165, 1.54) is 0 Å². The van der Waals surface area contributed by atoms with Crippen molar-refractivity contribution in [2.45, 2.75) is 31.1 Å². The summed E-state index contributed by atoms with van der Waals surface area (Å²) in [6.45, 7) is 1.37. The fourth-order valence-electron chi connectivity index (χ4n) is 4.83. The zero-order valence-corrected chi connectivity index (χ0v) is 16.5. The van der Waals surface area contributed by atoms with E-state index in [1.54, 1.807) is 18.3 Å². The van der Waals surface area contributed by atoms with E-state index in [4.69, 9.17) is 4.98 Å². The van der Waals surface area contributed by atoms with Crippen LogP contribution in [0.5, 0.6) is 0 Å². The molecule has 2 N–H and O–H groups in total. The van der Waals surface area contributed by atoms with Gasteiger partial charge in [-0.3, -0.25) is 4.79 Å². The van der Waals surface area contributed by atoms with Gasteiger partial charge in [0.15, 0.2) is 0 Å². The van der Waals surface area contributed by atoms with Gasteiger partial charge in [-0.2, -0.15) is 0 Å². The molecule has 1 aromatic carbocycles. The van der Waals surface area contributed by atoms with E-state index >= 15 is 0 Å². The van der Waals surface area contributed by atoms with Crippen LogP contribution in [0, 0.1) is 0 Å². The van der Waals surface area contributed by atoms with Gasteiger partial charge in [-0.1, -0.05) is 30.3 Å². The fraction of sp³-hybridized carbons (Fsp3) is 0.304. The molecule has 1 aliphatic heterocycles. The molecule has 0 saturated carbocycles. The van der Waals surface area contributed by atoms with Crippen LogP contribution in [0.4, 0.5) is 5.82 Å². The largest absolute Gasteiger partial charge is 0.478 e. The lowest BCUT2D eigenvalue weighted by Gasteiger charge is -2.40. The number of nitrogens with one attached hydrogen (secondary N) is 1. The first-order chi connectivity index (χ1) is 14.6. The Labute approximate surface area is 173 Å². The van der Waals surface area contributed by atoms with Gasteiger partial charge in [0.2, 0.25) is 0 Å². The van der Waals surface area contributed by atoms with E-state index in [2.05, 4.69) is 9.97 Å². The first-order valence-corrected chi connectivity index (χ1v) is 10.2. The Kier molecular flexibility index (Phi) is 4.38. The van der Waals surface area contributed by atoms with Crippen LogP contribution < -0.4 is 10.5 Å². The van der Waals surface area contributed by atoms with Crippen LogP contribution in [0.25, 0.3) is 11.4 Å². The Bertz CT molecular complexity index is 1160. The van der Waals surface area contributed by atoms with E-state index in [0.29, 0.717) is 24.7 Å². The highest BCUT2D eigenvalue weighted by molar-refractivity contribution is 5.93. The number of carbonyl (C=O) groups is 1. The molecule has 7 nitrogen and oxygen atoms in total. The van der Waals surface area contributed by atoms with Crippen molar-refractivity contribution in [3.8, 4) is 11.4 Å². The Morgan fingerprint density at radius 1 is 1.07 bits per heavy atom. The number of benzene rings is 1. The molecule has 0 unspecified atom stereocenters. The highest BCUT2D eigenvalue weighted by atomic mass is 16.4. The van der Waals surface area contributed by atoms with E-state index in [0.717, 1.165) is 42.5 Å². The Morgan fingerprint density at radius 2 is 1.83 bits per heavy atom. The molecule has 5 rings (SSSR count). The fourth-order valence-corrected chi connectivity index (χ4v) is 4.83. The standard InChI is InChI=1S/C23H22N4O3/c28-21-16-8-9-23(18(16)25-19(26-21)15-5-2-1-3-6-15)10-13-27(14-11-23)20-17(22(29)30)7-4-12-24-20/h1-7,12H,8-11,13-14H2,(H,29,30)(H,25,26,28). The lowest BCUT2D eigenvalue weighted by Crippen LogP contribution is -2.43. The first-order valence-electron chi connectivity index (χ1n) is 10.2. The molecule has 1 aliphatic carbocycles. The number of nitrogens with zero attached hydrogens (tertiary/aromatic N) is 3. The van der Waals surface area contributed by atoms with Gasteiger partial charge >= 0.3 is 5.97 Å². The summed E-state index contributed by atoms with van der Waals surface area (Å²) in [6.07, 6.45) is 4.90. The molecule has 0 atom stereocenters. The lowest BCUT2D eigenvalue weighted by molar-refractivity contribution is 0.0697. The molecule has 2 aromatic heterocycles. The smallest absolute Gasteiger partial charge is 0.339 e. The number of H-pyrrole nitrogens is 1.